The van der Waals surface area contributed by atoms with Gasteiger partial charge in [0.05, 0.1) is 40.3 Å². The highest BCUT2D eigenvalue weighted by molar-refractivity contribution is 5.70. The Balaban J connectivity index is 4.64. The molecule has 276 valence electrons. The topological polar surface area (TPSA) is 111 Å². The van der Waals surface area contributed by atoms with Gasteiger partial charge in [0, 0.05) is 12.8 Å². The lowest BCUT2D eigenvalue weighted by molar-refractivity contribution is -0.870. The van der Waals surface area contributed by atoms with Crippen molar-refractivity contribution >= 4 is 17.9 Å². The number of carbonyl (C=O) groups excluding carboxylic acids is 3. The molecule has 0 aliphatic heterocycles. The van der Waals surface area contributed by atoms with Gasteiger partial charge in [0.25, 0.3) is 0 Å². The molecule has 2 atom stereocenters. The molecule has 0 bridgehead atoms. The summed E-state index contributed by atoms with van der Waals surface area (Å²) >= 11 is 0. The zero-order valence-corrected chi connectivity index (χ0v) is 30.8. The maximum atomic E-state index is 12.6. The van der Waals surface area contributed by atoms with Gasteiger partial charge in [0.2, 0.25) is 0 Å². The van der Waals surface area contributed by atoms with Crippen LogP contribution in [0.25, 0.3) is 0 Å². The predicted octanol–water partition coefficient (Wildman–Crippen LogP) is 7.15. The van der Waals surface area contributed by atoms with Crippen molar-refractivity contribution in [2.24, 2.45) is 0 Å². The molecular weight excluding hydrogens is 610 g/mol. The van der Waals surface area contributed by atoms with E-state index in [1.807, 2.05) is 21.1 Å². The second kappa shape index (κ2) is 31.5. The van der Waals surface area contributed by atoms with Crippen molar-refractivity contribution in [3.05, 3.63) is 48.6 Å². The molecule has 0 amide bonds. The fourth-order valence-corrected chi connectivity index (χ4v) is 4.46. The van der Waals surface area contributed by atoms with E-state index in [0.717, 1.165) is 57.8 Å². The number of nitrogens with zero attached hydrogens (tertiary/aromatic N) is 1. The van der Waals surface area contributed by atoms with Crippen LogP contribution >= 0.6 is 0 Å². The lowest BCUT2D eigenvalue weighted by atomic mass is 10.1. The highest BCUT2D eigenvalue weighted by atomic mass is 16.7. The number of rotatable bonds is 32. The van der Waals surface area contributed by atoms with Crippen LogP contribution < -0.4 is 5.11 Å². The number of carboxylic acids is 1. The molecule has 0 saturated carbocycles. The first-order valence-electron chi connectivity index (χ1n) is 18.3. The molecule has 0 aromatic heterocycles. The third-order valence-corrected chi connectivity index (χ3v) is 7.34. The Morgan fingerprint density at radius 3 is 1.77 bits per heavy atom. The van der Waals surface area contributed by atoms with E-state index in [1.54, 1.807) is 0 Å². The molecule has 48 heavy (non-hydrogen) atoms. The summed E-state index contributed by atoms with van der Waals surface area (Å²) in [6, 6.07) is 0. The van der Waals surface area contributed by atoms with Crippen molar-refractivity contribution in [2.45, 2.75) is 135 Å². The van der Waals surface area contributed by atoms with Crippen molar-refractivity contribution in [1.82, 2.24) is 0 Å². The first kappa shape index (κ1) is 45.2. The number of likely N-dealkylation sites (N-methyl/N-ethyl adjacent to an activating group) is 1. The zero-order chi connectivity index (χ0) is 35.7. The Kier molecular flexibility index (Phi) is 29.7. The van der Waals surface area contributed by atoms with Crippen molar-refractivity contribution in [3.63, 3.8) is 0 Å². The molecule has 9 heteroatoms. The summed E-state index contributed by atoms with van der Waals surface area (Å²) < 4.78 is 22.3. The number of ether oxygens (including phenoxy) is 4. The molecule has 0 aromatic rings. The Morgan fingerprint density at radius 2 is 1.19 bits per heavy atom. The minimum atomic E-state index is -1.63. The second-order valence-electron chi connectivity index (χ2n) is 13.1. The monoisotopic (exact) mass is 677 g/mol. The van der Waals surface area contributed by atoms with Crippen LogP contribution in [-0.2, 0) is 33.3 Å². The van der Waals surface area contributed by atoms with E-state index in [0.29, 0.717) is 17.4 Å². The number of allylic oxidation sites excluding steroid dienone is 8. The molecule has 9 nitrogen and oxygen atoms in total. The standard InChI is InChI=1S/C39H67NO8/c1-6-8-10-12-14-16-17-18-19-20-21-22-24-26-28-30-37(42)48-35(34-47-39(38(43)44)45-32-31-40(3,4)5)33-46-36(41)29-27-25-23-15-13-11-9-7-2/h8,10,14,16,18-19,21-22,35,39H,6-7,9,11-13,15,17,20,23-34H2,1-5H3/b10-8-,16-14-,19-18-,22-21-. The Hall–Kier alpha value is -2.75. The third kappa shape index (κ3) is 31.8. The normalized spacial score (nSPS) is 13.6. The number of quaternary nitrogens is 1. The van der Waals surface area contributed by atoms with Gasteiger partial charge >= 0.3 is 11.9 Å². The van der Waals surface area contributed by atoms with Gasteiger partial charge in [-0.15, -0.1) is 0 Å². The molecule has 0 aromatic carbocycles. The van der Waals surface area contributed by atoms with E-state index >= 15 is 0 Å². The molecule has 2 unspecified atom stereocenters. The number of hydrogen-bond donors (Lipinski definition) is 0. The van der Waals surface area contributed by atoms with E-state index in [9.17, 15) is 19.5 Å². The number of carboxylic acid groups (broad SMARTS) is 1. The summed E-state index contributed by atoms with van der Waals surface area (Å²) in [5, 5.41) is 11.6. The molecule has 0 rings (SSSR count). The molecule has 0 aliphatic rings. The van der Waals surface area contributed by atoms with Gasteiger partial charge in [0.15, 0.2) is 12.4 Å². The smallest absolute Gasteiger partial charge is 0.306 e. The maximum absolute atomic E-state index is 12.6. The quantitative estimate of drug-likeness (QED) is 0.0243. The average Bonchev–Trinajstić information content (AvgIpc) is 3.03. The molecule has 0 saturated heterocycles. The van der Waals surface area contributed by atoms with E-state index in [2.05, 4.69) is 62.5 Å². The van der Waals surface area contributed by atoms with Gasteiger partial charge in [-0.2, -0.15) is 0 Å². The SMILES string of the molecule is CC/C=C\C/C=C\C/C=C\C/C=C\CCCCC(=O)OC(COC(=O)CCCCCCCCCC)COC(OCC[N+](C)(C)C)C(=O)[O-]. The van der Waals surface area contributed by atoms with Crippen molar-refractivity contribution in [1.29, 1.82) is 0 Å². The summed E-state index contributed by atoms with van der Waals surface area (Å²) in [5.74, 6) is -2.36. The molecule has 0 aliphatic carbocycles. The van der Waals surface area contributed by atoms with E-state index < -0.39 is 24.3 Å². The summed E-state index contributed by atoms with van der Waals surface area (Å²) in [4.78, 5) is 36.6. The molecule has 0 radical (unpaired) electrons. The lowest BCUT2D eigenvalue weighted by Crippen LogP contribution is -2.44. The first-order chi connectivity index (χ1) is 23.1. The predicted molar refractivity (Wildman–Crippen MR) is 191 cm³/mol. The average molecular weight is 678 g/mol. The molecule has 0 N–H and O–H groups in total. The summed E-state index contributed by atoms with van der Waals surface area (Å²) in [6.45, 7) is 4.50. The fourth-order valence-electron chi connectivity index (χ4n) is 4.46. The number of unbranched alkanes of at least 4 members (excludes halogenated alkanes) is 9. The number of hydrogen-bond acceptors (Lipinski definition) is 8. The summed E-state index contributed by atoms with van der Waals surface area (Å²) in [5.41, 5.74) is 0. The molecule has 0 heterocycles. The van der Waals surface area contributed by atoms with Gasteiger partial charge < -0.3 is 33.3 Å². The van der Waals surface area contributed by atoms with Gasteiger partial charge in [-0.05, 0) is 51.4 Å². The maximum Gasteiger partial charge on any atom is 0.306 e. The van der Waals surface area contributed by atoms with Gasteiger partial charge in [-0.25, -0.2) is 0 Å². The Bertz CT molecular complexity index is 935. The van der Waals surface area contributed by atoms with Crippen molar-refractivity contribution in [3.8, 4) is 0 Å². The highest BCUT2D eigenvalue weighted by Crippen LogP contribution is 2.11. The second-order valence-corrected chi connectivity index (χ2v) is 13.1. The van der Waals surface area contributed by atoms with E-state index in [4.69, 9.17) is 18.9 Å². The Labute approximate surface area is 292 Å². The summed E-state index contributed by atoms with van der Waals surface area (Å²) in [7, 11) is 5.87. The van der Waals surface area contributed by atoms with E-state index in [1.165, 1.54) is 32.1 Å². The number of esters is 2. The zero-order valence-electron chi connectivity index (χ0n) is 30.8. The first-order valence-corrected chi connectivity index (χ1v) is 18.3. The van der Waals surface area contributed by atoms with Crippen LogP contribution in [0, 0.1) is 0 Å². The van der Waals surface area contributed by atoms with Crippen molar-refractivity contribution in [2.75, 3.05) is 47.5 Å². The minimum absolute atomic E-state index is 0.138. The minimum Gasteiger partial charge on any atom is -0.545 e. The molecular formula is C39H67NO8. The van der Waals surface area contributed by atoms with Crippen LogP contribution in [0.5, 0.6) is 0 Å². The van der Waals surface area contributed by atoms with Gasteiger partial charge in [-0.1, -0.05) is 107 Å². The summed E-state index contributed by atoms with van der Waals surface area (Å²) in [6.07, 6.45) is 30.2. The van der Waals surface area contributed by atoms with Crippen LogP contribution in [-0.4, -0.2) is 82.3 Å². The largest absolute Gasteiger partial charge is 0.545 e. The van der Waals surface area contributed by atoms with E-state index in [-0.39, 0.29) is 38.6 Å². The van der Waals surface area contributed by atoms with Crippen LogP contribution in [0.2, 0.25) is 0 Å². The molecule has 0 fully saturated rings. The number of aliphatic carboxylic acids is 1. The lowest BCUT2D eigenvalue weighted by Gasteiger charge is -2.26. The Morgan fingerprint density at radius 1 is 0.646 bits per heavy atom. The molecule has 0 spiro atoms. The third-order valence-electron chi connectivity index (χ3n) is 7.34. The highest BCUT2D eigenvalue weighted by Gasteiger charge is 2.21. The van der Waals surface area contributed by atoms with Crippen LogP contribution in [0.15, 0.2) is 48.6 Å². The van der Waals surface area contributed by atoms with Gasteiger partial charge in [0.1, 0.15) is 13.2 Å². The van der Waals surface area contributed by atoms with Crippen LogP contribution in [0.4, 0.5) is 0 Å². The van der Waals surface area contributed by atoms with Gasteiger partial charge in [-0.3, -0.25) is 9.59 Å². The van der Waals surface area contributed by atoms with Crippen LogP contribution in [0.3, 0.4) is 0 Å². The number of carbonyl (C=O) groups is 3. The van der Waals surface area contributed by atoms with Crippen molar-refractivity contribution < 1.29 is 42.9 Å². The fraction of sp³-hybridized carbons (Fsp3) is 0.718. The van der Waals surface area contributed by atoms with Crippen LogP contribution in [0.1, 0.15) is 123 Å².